The Morgan fingerprint density at radius 1 is 1.29 bits per heavy atom. The van der Waals surface area contributed by atoms with Crippen molar-refractivity contribution in [2.24, 2.45) is 0 Å². The molecule has 21 heavy (non-hydrogen) atoms. The first-order valence-corrected chi connectivity index (χ1v) is 7.76. The molecule has 4 nitrogen and oxygen atoms in total. The summed E-state index contributed by atoms with van der Waals surface area (Å²) in [6.07, 6.45) is 5.12. The molecule has 2 aromatic rings. The second kappa shape index (κ2) is 6.74. The molecule has 0 spiro atoms. The zero-order chi connectivity index (χ0) is 15.4. The molecule has 1 amide bonds. The lowest BCUT2D eigenvalue weighted by atomic mass is 10.1. The summed E-state index contributed by atoms with van der Waals surface area (Å²) in [6, 6.07) is 3.95. The number of rotatable bonds is 6. The normalized spacial score (nSPS) is 12.6. The van der Waals surface area contributed by atoms with Gasteiger partial charge in [0.15, 0.2) is 0 Å². The van der Waals surface area contributed by atoms with Crippen LogP contribution in [0, 0.1) is 13.8 Å². The van der Waals surface area contributed by atoms with E-state index in [2.05, 4.69) is 43.2 Å². The number of carbonyl (C=O) groups excluding carboxylic acids is 1. The van der Waals surface area contributed by atoms with Gasteiger partial charge in [0.05, 0.1) is 17.4 Å². The number of hydrogen-bond acceptors (Lipinski definition) is 2. The zero-order valence-corrected chi connectivity index (χ0v) is 13.4. The average Bonchev–Trinajstić information content (AvgIpc) is 2.86. The third-order valence-corrected chi connectivity index (χ3v) is 4.07. The van der Waals surface area contributed by atoms with E-state index in [1.54, 1.807) is 6.33 Å². The van der Waals surface area contributed by atoms with Crippen molar-refractivity contribution in [3.8, 4) is 0 Å². The van der Waals surface area contributed by atoms with Gasteiger partial charge in [-0.2, -0.15) is 0 Å². The van der Waals surface area contributed by atoms with E-state index in [9.17, 15) is 4.79 Å². The number of benzene rings is 1. The Balaban J connectivity index is 2.13. The van der Waals surface area contributed by atoms with E-state index in [4.69, 9.17) is 0 Å². The summed E-state index contributed by atoms with van der Waals surface area (Å²) in [5, 5.41) is 3.01. The van der Waals surface area contributed by atoms with Crippen LogP contribution < -0.4 is 5.32 Å². The first-order chi connectivity index (χ1) is 10.0. The maximum atomic E-state index is 12.2. The highest BCUT2D eigenvalue weighted by Crippen LogP contribution is 2.21. The molecule has 0 saturated carbocycles. The van der Waals surface area contributed by atoms with Crippen LogP contribution in [-0.2, 0) is 4.79 Å². The molecule has 0 radical (unpaired) electrons. The van der Waals surface area contributed by atoms with Gasteiger partial charge in [0.1, 0.15) is 6.04 Å². The Morgan fingerprint density at radius 3 is 2.71 bits per heavy atom. The molecule has 1 N–H and O–H groups in total. The fourth-order valence-electron chi connectivity index (χ4n) is 2.45. The quantitative estimate of drug-likeness (QED) is 0.826. The number of aryl methyl sites for hydroxylation is 2. The number of aromatic nitrogens is 2. The summed E-state index contributed by atoms with van der Waals surface area (Å²) >= 11 is 0. The summed E-state index contributed by atoms with van der Waals surface area (Å²) in [4.78, 5) is 16.7. The maximum absolute atomic E-state index is 12.2. The molecule has 0 bridgehead atoms. The van der Waals surface area contributed by atoms with Gasteiger partial charge in [0, 0.05) is 6.54 Å². The van der Waals surface area contributed by atoms with Crippen molar-refractivity contribution in [2.75, 3.05) is 6.54 Å². The van der Waals surface area contributed by atoms with Crippen LogP contribution in [0.25, 0.3) is 11.0 Å². The van der Waals surface area contributed by atoms with Gasteiger partial charge in [-0.15, -0.1) is 0 Å². The van der Waals surface area contributed by atoms with Gasteiger partial charge in [0.25, 0.3) is 0 Å². The maximum Gasteiger partial charge on any atom is 0.242 e. The third kappa shape index (κ3) is 3.43. The number of carbonyl (C=O) groups is 1. The molecule has 1 atom stereocenters. The van der Waals surface area contributed by atoms with E-state index in [1.807, 2.05) is 11.5 Å². The average molecular weight is 287 g/mol. The van der Waals surface area contributed by atoms with Crippen LogP contribution in [-0.4, -0.2) is 22.0 Å². The predicted octanol–water partition coefficient (Wildman–Crippen LogP) is 3.52. The SMILES string of the molecule is CCCCCNC(=O)C(C)n1cnc2cc(C)c(C)cc21. The Bertz CT molecular complexity index is 630. The van der Waals surface area contributed by atoms with Gasteiger partial charge in [-0.05, 0) is 50.5 Å². The largest absolute Gasteiger partial charge is 0.354 e. The Hall–Kier alpha value is -1.84. The highest BCUT2D eigenvalue weighted by atomic mass is 16.2. The minimum absolute atomic E-state index is 0.0589. The molecule has 0 fully saturated rings. The minimum atomic E-state index is -0.237. The Kier molecular flexibility index (Phi) is 4.99. The van der Waals surface area contributed by atoms with Crippen molar-refractivity contribution in [2.45, 2.75) is 53.0 Å². The number of fused-ring (bicyclic) bond motifs is 1. The lowest BCUT2D eigenvalue weighted by Gasteiger charge is -2.15. The van der Waals surface area contributed by atoms with Gasteiger partial charge in [-0.1, -0.05) is 19.8 Å². The van der Waals surface area contributed by atoms with Crippen LogP contribution >= 0.6 is 0 Å². The molecule has 0 saturated heterocycles. The van der Waals surface area contributed by atoms with Gasteiger partial charge < -0.3 is 9.88 Å². The highest BCUT2D eigenvalue weighted by Gasteiger charge is 2.17. The number of nitrogens with zero attached hydrogens (tertiary/aromatic N) is 2. The summed E-state index contributed by atoms with van der Waals surface area (Å²) in [5.41, 5.74) is 4.42. The zero-order valence-electron chi connectivity index (χ0n) is 13.4. The van der Waals surface area contributed by atoms with Gasteiger partial charge in [-0.25, -0.2) is 4.98 Å². The standard InChI is InChI=1S/C17H25N3O/c1-5-6-7-8-18-17(21)14(4)20-11-19-15-9-12(2)13(3)10-16(15)20/h9-11,14H,5-8H2,1-4H3,(H,18,21). The van der Waals surface area contributed by atoms with Crippen LogP contribution in [0.2, 0.25) is 0 Å². The fourth-order valence-corrected chi connectivity index (χ4v) is 2.45. The number of imidazole rings is 1. The molecule has 114 valence electrons. The van der Waals surface area contributed by atoms with Crippen LogP contribution in [0.1, 0.15) is 50.3 Å². The molecule has 0 aliphatic carbocycles. The first kappa shape index (κ1) is 15.5. The summed E-state index contributed by atoms with van der Waals surface area (Å²) < 4.78 is 1.96. The highest BCUT2D eigenvalue weighted by molar-refractivity contribution is 5.84. The van der Waals surface area contributed by atoms with Crippen LogP contribution in [0.3, 0.4) is 0 Å². The van der Waals surface area contributed by atoms with E-state index < -0.39 is 0 Å². The van der Waals surface area contributed by atoms with Crippen LogP contribution in [0.4, 0.5) is 0 Å². The van der Waals surface area contributed by atoms with Crippen molar-refractivity contribution in [3.63, 3.8) is 0 Å². The van der Waals surface area contributed by atoms with E-state index in [1.165, 1.54) is 11.1 Å². The fraction of sp³-hybridized carbons (Fsp3) is 0.529. The smallest absolute Gasteiger partial charge is 0.242 e. The molecule has 1 aromatic carbocycles. The number of unbranched alkanes of at least 4 members (excludes halogenated alkanes) is 2. The molecule has 2 rings (SSSR count). The molecule has 0 aliphatic heterocycles. The van der Waals surface area contributed by atoms with Crippen molar-refractivity contribution in [1.29, 1.82) is 0 Å². The van der Waals surface area contributed by atoms with Crippen molar-refractivity contribution in [1.82, 2.24) is 14.9 Å². The second-order valence-corrected chi connectivity index (χ2v) is 5.75. The first-order valence-electron chi connectivity index (χ1n) is 7.76. The number of amides is 1. The molecule has 1 heterocycles. The van der Waals surface area contributed by atoms with Crippen molar-refractivity contribution in [3.05, 3.63) is 29.6 Å². The van der Waals surface area contributed by atoms with Crippen LogP contribution in [0.5, 0.6) is 0 Å². The lowest BCUT2D eigenvalue weighted by Crippen LogP contribution is -2.31. The molecule has 1 aromatic heterocycles. The van der Waals surface area contributed by atoms with E-state index in [0.717, 1.165) is 36.8 Å². The van der Waals surface area contributed by atoms with E-state index in [0.29, 0.717) is 0 Å². The molecule has 0 aliphatic rings. The summed E-state index contributed by atoms with van der Waals surface area (Å²) in [5.74, 6) is 0.0589. The summed E-state index contributed by atoms with van der Waals surface area (Å²) in [7, 11) is 0. The van der Waals surface area contributed by atoms with Crippen LogP contribution in [0.15, 0.2) is 18.5 Å². The lowest BCUT2D eigenvalue weighted by molar-refractivity contribution is -0.123. The molecule has 1 unspecified atom stereocenters. The Morgan fingerprint density at radius 2 is 2.00 bits per heavy atom. The van der Waals surface area contributed by atoms with Crippen molar-refractivity contribution < 1.29 is 4.79 Å². The molecular formula is C17H25N3O. The minimum Gasteiger partial charge on any atom is -0.354 e. The monoisotopic (exact) mass is 287 g/mol. The van der Waals surface area contributed by atoms with Crippen molar-refractivity contribution >= 4 is 16.9 Å². The molecular weight excluding hydrogens is 262 g/mol. The topological polar surface area (TPSA) is 46.9 Å². The van der Waals surface area contributed by atoms with E-state index >= 15 is 0 Å². The van der Waals surface area contributed by atoms with Gasteiger partial charge >= 0.3 is 0 Å². The van der Waals surface area contributed by atoms with E-state index in [-0.39, 0.29) is 11.9 Å². The second-order valence-electron chi connectivity index (χ2n) is 5.75. The summed E-state index contributed by atoms with van der Waals surface area (Å²) in [6.45, 7) is 9.00. The predicted molar refractivity (Wildman–Crippen MR) is 86.5 cm³/mol. The third-order valence-electron chi connectivity index (χ3n) is 4.07. The van der Waals surface area contributed by atoms with Gasteiger partial charge in [-0.3, -0.25) is 4.79 Å². The molecule has 4 heteroatoms. The Labute approximate surface area is 126 Å². The van der Waals surface area contributed by atoms with Gasteiger partial charge in [0.2, 0.25) is 5.91 Å². The number of nitrogens with one attached hydrogen (secondary N) is 1. The number of hydrogen-bond donors (Lipinski definition) is 1.